The van der Waals surface area contributed by atoms with Crippen molar-refractivity contribution in [2.75, 3.05) is 13.7 Å². The number of hydrogen-bond donors (Lipinski definition) is 1. The Balaban J connectivity index is 1.97. The zero-order valence-corrected chi connectivity index (χ0v) is 14.7. The highest BCUT2D eigenvalue weighted by Gasteiger charge is 2.10. The van der Waals surface area contributed by atoms with Crippen molar-refractivity contribution in [2.24, 2.45) is 0 Å². The van der Waals surface area contributed by atoms with E-state index in [1.54, 1.807) is 19.3 Å². The number of aryl methyl sites for hydroxylation is 1. The van der Waals surface area contributed by atoms with E-state index in [-0.39, 0.29) is 0 Å². The third kappa shape index (κ3) is 3.60. The summed E-state index contributed by atoms with van der Waals surface area (Å²) >= 11 is 0. The molecule has 2 aromatic carbocycles. The normalized spacial score (nSPS) is 11.2. The second-order valence-electron chi connectivity index (χ2n) is 5.79. The Morgan fingerprint density at radius 1 is 1.27 bits per heavy atom. The van der Waals surface area contributed by atoms with Gasteiger partial charge in [-0.3, -0.25) is 0 Å². The molecule has 26 heavy (non-hydrogen) atoms. The van der Waals surface area contributed by atoms with Gasteiger partial charge in [0.1, 0.15) is 18.5 Å². The van der Waals surface area contributed by atoms with E-state index >= 15 is 0 Å². The van der Waals surface area contributed by atoms with Crippen LogP contribution in [0.2, 0.25) is 0 Å². The lowest BCUT2D eigenvalue weighted by molar-refractivity contribution is 0.326. The molecule has 5 nitrogen and oxygen atoms in total. The van der Waals surface area contributed by atoms with Crippen LogP contribution in [0.3, 0.4) is 0 Å². The van der Waals surface area contributed by atoms with Gasteiger partial charge in [0.15, 0.2) is 11.5 Å². The van der Waals surface area contributed by atoms with E-state index in [2.05, 4.69) is 22.6 Å². The van der Waals surface area contributed by atoms with Gasteiger partial charge in [0.2, 0.25) is 0 Å². The van der Waals surface area contributed by atoms with Crippen molar-refractivity contribution in [3.63, 3.8) is 0 Å². The van der Waals surface area contributed by atoms with Crippen molar-refractivity contribution in [1.82, 2.24) is 9.97 Å². The number of H-pyrrole nitrogens is 1. The number of nitrogens with one attached hydrogen (secondary N) is 1. The number of nitriles is 1. The van der Waals surface area contributed by atoms with Crippen LogP contribution < -0.4 is 9.47 Å². The van der Waals surface area contributed by atoms with E-state index in [0.717, 1.165) is 22.2 Å². The molecule has 0 aliphatic rings. The number of hydrogen-bond acceptors (Lipinski definition) is 4. The minimum Gasteiger partial charge on any atom is -0.493 e. The largest absolute Gasteiger partial charge is 0.493 e. The molecule has 0 spiro atoms. The Morgan fingerprint density at radius 3 is 2.85 bits per heavy atom. The molecule has 5 heteroatoms. The van der Waals surface area contributed by atoms with Gasteiger partial charge in [-0.15, -0.1) is 0 Å². The minimum absolute atomic E-state index is 0.396. The summed E-state index contributed by atoms with van der Waals surface area (Å²) in [4.78, 5) is 7.72. The summed E-state index contributed by atoms with van der Waals surface area (Å²) in [6.45, 7) is 6.05. The van der Waals surface area contributed by atoms with Crippen LogP contribution in [-0.4, -0.2) is 23.7 Å². The van der Waals surface area contributed by atoms with E-state index in [4.69, 9.17) is 9.47 Å². The molecule has 0 fully saturated rings. The average molecular weight is 345 g/mol. The number of aromatic amines is 1. The molecule has 0 amide bonds. The molecular formula is C21H19N3O2. The van der Waals surface area contributed by atoms with Crippen molar-refractivity contribution in [3.8, 4) is 17.6 Å². The van der Waals surface area contributed by atoms with Crippen molar-refractivity contribution >= 4 is 22.7 Å². The number of allylic oxidation sites excluding steroid dienone is 1. The zero-order chi connectivity index (χ0) is 18.5. The predicted octanol–water partition coefficient (Wildman–Crippen LogP) is 4.51. The molecule has 1 N–H and O–H groups in total. The third-order valence-electron chi connectivity index (χ3n) is 3.87. The van der Waals surface area contributed by atoms with E-state index in [1.807, 2.05) is 43.3 Å². The van der Waals surface area contributed by atoms with Crippen LogP contribution in [0.5, 0.6) is 11.5 Å². The molecular weight excluding hydrogens is 326 g/mol. The van der Waals surface area contributed by atoms with E-state index < -0.39 is 0 Å². The van der Waals surface area contributed by atoms with Gasteiger partial charge in [0, 0.05) is 0 Å². The summed E-state index contributed by atoms with van der Waals surface area (Å²) in [5.74, 6) is 1.76. The Hall–Kier alpha value is -3.52. The Labute approximate surface area is 152 Å². The van der Waals surface area contributed by atoms with Crippen LogP contribution in [0.4, 0.5) is 0 Å². The summed E-state index contributed by atoms with van der Waals surface area (Å²) in [5.41, 5.74) is 4.14. The van der Waals surface area contributed by atoms with E-state index in [9.17, 15) is 5.26 Å². The smallest absolute Gasteiger partial charge is 0.161 e. The molecule has 3 rings (SSSR count). The first kappa shape index (κ1) is 17.3. The monoisotopic (exact) mass is 345 g/mol. The van der Waals surface area contributed by atoms with Crippen LogP contribution in [0.1, 0.15) is 17.0 Å². The molecule has 3 aromatic rings. The van der Waals surface area contributed by atoms with Crippen molar-refractivity contribution in [3.05, 3.63) is 66.0 Å². The molecule has 1 aromatic heterocycles. The van der Waals surface area contributed by atoms with Gasteiger partial charge in [0.05, 0.1) is 23.7 Å². The fraction of sp³-hybridized carbons (Fsp3) is 0.143. The number of aromatic nitrogens is 2. The maximum absolute atomic E-state index is 9.57. The van der Waals surface area contributed by atoms with Crippen LogP contribution in [-0.2, 0) is 0 Å². The molecule has 0 bridgehead atoms. The Morgan fingerprint density at radius 2 is 2.12 bits per heavy atom. The van der Waals surface area contributed by atoms with E-state index in [1.165, 1.54) is 0 Å². The number of ether oxygens (including phenoxy) is 2. The lowest BCUT2D eigenvalue weighted by Gasteiger charge is -2.09. The number of benzene rings is 2. The maximum atomic E-state index is 9.57. The first-order valence-corrected chi connectivity index (χ1v) is 8.15. The van der Waals surface area contributed by atoms with Crippen LogP contribution in [0.15, 0.2) is 49.1 Å². The summed E-state index contributed by atoms with van der Waals surface area (Å²) in [6, 6.07) is 13.7. The Bertz CT molecular complexity index is 1030. The molecule has 0 saturated heterocycles. The molecule has 1 heterocycles. The first-order valence-electron chi connectivity index (χ1n) is 8.15. The zero-order valence-electron chi connectivity index (χ0n) is 14.7. The number of fused-ring (bicyclic) bond motifs is 1. The molecule has 130 valence electrons. The summed E-state index contributed by atoms with van der Waals surface area (Å²) in [6.07, 6.45) is 3.44. The topological polar surface area (TPSA) is 70.9 Å². The highest BCUT2D eigenvalue weighted by molar-refractivity contribution is 5.90. The third-order valence-corrected chi connectivity index (χ3v) is 3.87. The quantitative estimate of drug-likeness (QED) is 0.527. The highest BCUT2D eigenvalue weighted by atomic mass is 16.5. The van der Waals surface area contributed by atoms with Gasteiger partial charge in [-0.25, -0.2) is 4.98 Å². The fourth-order valence-corrected chi connectivity index (χ4v) is 2.61. The number of imidazole rings is 1. The molecule has 0 atom stereocenters. The van der Waals surface area contributed by atoms with Gasteiger partial charge in [-0.1, -0.05) is 24.8 Å². The van der Waals surface area contributed by atoms with Crippen LogP contribution >= 0.6 is 0 Å². The van der Waals surface area contributed by atoms with Gasteiger partial charge in [0.25, 0.3) is 0 Å². The van der Waals surface area contributed by atoms with Crippen LogP contribution in [0, 0.1) is 18.3 Å². The standard InChI is InChI=1S/C21H19N3O2/c1-4-9-26-19-8-6-15(12-20(19)25-3)11-16(13-22)21-23-17-7-5-14(2)10-18(17)24-21/h4-8,10-12H,1,9H2,2-3H3,(H,23,24)/b16-11-. The van der Waals surface area contributed by atoms with E-state index in [0.29, 0.717) is 29.5 Å². The second-order valence-corrected chi connectivity index (χ2v) is 5.79. The molecule has 0 unspecified atom stereocenters. The minimum atomic E-state index is 0.396. The predicted molar refractivity (Wildman–Crippen MR) is 103 cm³/mol. The van der Waals surface area contributed by atoms with Gasteiger partial charge < -0.3 is 14.5 Å². The fourth-order valence-electron chi connectivity index (χ4n) is 2.61. The molecule has 0 aliphatic carbocycles. The second kappa shape index (κ2) is 7.58. The van der Waals surface area contributed by atoms with Gasteiger partial charge in [-0.05, 0) is 48.4 Å². The van der Waals surface area contributed by atoms with Crippen molar-refractivity contribution in [2.45, 2.75) is 6.92 Å². The summed E-state index contributed by atoms with van der Waals surface area (Å²) in [7, 11) is 1.58. The SMILES string of the molecule is C=CCOc1ccc(/C=C(/C#N)c2nc3ccc(C)cc3[nH]2)cc1OC. The number of methoxy groups -OCH3 is 1. The molecule has 0 aliphatic heterocycles. The lowest BCUT2D eigenvalue weighted by Crippen LogP contribution is -1.96. The summed E-state index contributed by atoms with van der Waals surface area (Å²) in [5, 5.41) is 9.57. The highest BCUT2D eigenvalue weighted by Crippen LogP contribution is 2.30. The lowest BCUT2D eigenvalue weighted by atomic mass is 10.1. The molecule has 0 saturated carbocycles. The number of rotatable bonds is 6. The molecule has 0 radical (unpaired) electrons. The maximum Gasteiger partial charge on any atom is 0.161 e. The van der Waals surface area contributed by atoms with Gasteiger partial charge >= 0.3 is 0 Å². The van der Waals surface area contributed by atoms with Crippen molar-refractivity contribution in [1.29, 1.82) is 5.26 Å². The van der Waals surface area contributed by atoms with Crippen molar-refractivity contribution < 1.29 is 9.47 Å². The number of nitrogens with zero attached hydrogens (tertiary/aromatic N) is 2. The first-order chi connectivity index (χ1) is 12.6. The average Bonchev–Trinajstić information content (AvgIpc) is 3.07. The Kier molecular flexibility index (Phi) is 5.04. The summed E-state index contributed by atoms with van der Waals surface area (Å²) < 4.78 is 10.9. The van der Waals surface area contributed by atoms with Crippen LogP contribution in [0.25, 0.3) is 22.7 Å². The van der Waals surface area contributed by atoms with Gasteiger partial charge in [-0.2, -0.15) is 5.26 Å².